The predicted molar refractivity (Wildman–Crippen MR) is 166 cm³/mol. The lowest BCUT2D eigenvalue weighted by molar-refractivity contribution is -0.0379. The summed E-state index contributed by atoms with van der Waals surface area (Å²) in [4.78, 5) is 8.53. The highest BCUT2D eigenvalue weighted by atomic mass is 35.5. The first-order valence-electron chi connectivity index (χ1n) is 14.9. The summed E-state index contributed by atoms with van der Waals surface area (Å²) >= 11 is 6.19. The molecule has 1 saturated carbocycles. The number of aromatic amines is 1. The van der Waals surface area contributed by atoms with Crippen molar-refractivity contribution >= 4 is 23.2 Å². The molecule has 3 aromatic rings. The number of nitrogens with one attached hydrogen (secondary N) is 3. The Morgan fingerprint density at radius 3 is 2.72 bits per heavy atom. The fourth-order valence-electron chi connectivity index (χ4n) is 5.22. The largest absolute Gasteiger partial charge is 0.384 e. The van der Waals surface area contributed by atoms with Gasteiger partial charge in [-0.3, -0.25) is 0 Å². The van der Waals surface area contributed by atoms with Gasteiger partial charge in [0.25, 0.3) is 0 Å². The van der Waals surface area contributed by atoms with E-state index in [1.165, 1.54) is 38.3 Å². The fourth-order valence-corrected chi connectivity index (χ4v) is 5.42. The van der Waals surface area contributed by atoms with Gasteiger partial charge in [0.05, 0.1) is 28.8 Å². The Labute approximate surface area is 258 Å². The zero-order chi connectivity index (χ0) is 30.7. The Kier molecular flexibility index (Phi) is 11.6. The summed E-state index contributed by atoms with van der Waals surface area (Å²) in [5.41, 5.74) is 6.26. The van der Waals surface area contributed by atoms with E-state index < -0.39 is 11.0 Å². The maximum Gasteiger partial charge on any atom is 0.205 e. The first kappa shape index (κ1) is 32.5. The van der Waals surface area contributed by atoms with E-state index in [2.05, 4.69) is 54.2 Å². The van der Waals surface area contributed by atoms with Crippen LogP contribution in [0.3, 0.4) is 0 Å². The molecule has 1 aliphatic heterocycles. The molecule has 0 unspecified atom stereocenters. The second-order valence-electron chi connectivity index (χ2n) is 11.8. The number of nitrogen functional groups attached to an aromatic ring is 1. The molecule has 13 heteroatoms. The molecule has 0 aromatic carbocycles. The third-order valence-electron chi connectivity index (χ3n) is 7.90. The molecule has 0 amide bonds. The van der Waals surface area contributed by atoms with E-state index in [9.17, 15) is 5.26 Å². The van der Waals surface area contributed by atoms with Crippen LogP contribution in [0, 0.1) is 16.7 Å². The molecule has 4 heterocycles. The van der Waals surface area contributed by atoms with Crippen LogP contribution < -0.4 is 16.4 Å². The summed E-state index contributed by atoms with van der Waals surface area (Å²) in [5.74, 6) is 1.68. The van der Waals surface area contributed by atoms with Crippen LogP contribution in [0.2, 0.25) is 5.02 Å². The Bertz CT molecular complexity index is 1320. The quantitative estimate of drug-likeness (QED) is 0.246. The van der Waals surface area contributed by atoms with Crippen molar-refractivity contribution in [3.63, 3.8) is 0 Å². The Balaban J connectivity index is 0.000000203. The first-order valence-corrected chi connectivity index (χ1v) is 15.3. The average Bonchev–Trinajstić information content (AvgIpc) is 3.58. The van der Waals surface area contributed by atoms with Gasteiger partial charge in [-0.1, -0.05) is 42.1 Å². The van der Waals surface area contributed by atoms with Gasteiger partial charge in [-0.05, 0) is 64.7 Å². The molecule has 1 atom stereocenters. The van der Waals surface area contributed by atoms with Gasteiger partial charge < -0.3 is 25.8 Å². The minimum absolute atomic E-state index is 0.342. The van der Waals surface area contributed by atoms with E-state index in [4.69, 9.17) is 26.8 Å². The number of nitriles is 1. The highest BCUT2D eigenvalue weighted by Gasteiger charge is 2.32. The maximum atomic E-state index is 9.51. The van der Waals surface area contributed by atoms with Crippen LogP contribution in [0.4, 0.5) is 11.6 Å². The SMILES string of the molecule is C[C@H](COC(C)(C)c1nn[nH]n1)NC1CCCCC1.N#CC1(CNc2cccc(-c3cc(N)ncc3Cl)n2)CCOCC1. The van der Waals surface area contributed by atoms with Gasteiger partial charge in [0.15, 0.2) is 0 Å². The molecule has 43 heavy (non-hydrogen) atoms. The van der Waals surface area contributed by atoms with Crippen molar-refractivity contribution in [1.29, 1.82) is 5.26 Å². The van der Waals surface area contributed by atoms with Crippen LogP contribution in [-0.2, 0) is 15.1 Å². The molecule has 3 aromatic heterocycles. The third kappa shape index (κ3) is 9.56. The second-order valence-corrected chi connectivity index (χ2v) is 12.2. The van der Waals surface area contributed by atoms with Crippen molar-refractivity contribution in [2.24, 2.45) is 5.41 Å². The van der Waals surface area contributed by atoms with Crippen molar-refractivity contribution in [2.75, 3.05) is 37.4 Å². The molecular formula is C30H43ClN10O2. The lowest BCUT2D eigenvalue weighted by Gasteiger charge is -2.30. The van der Waals surface area contributed by atoms with Crippen molar-refractivity contribution in [3.8, 4) is 17.3 Å². The fraction of sp³-hybridized carbons (Fsp3) is 0.600. The number of aromatic nitrogens is 6. The van der Waals surface area contributed by atoms with E-state index in [-0.39, 0.29) is 0 Å². The van der Waals surface area contributed by atoms with Crippen molar-refractivity contribution < 1.29 is 9.47 Å². The summed E-state index contributed by atoms with van der Waals surface area (Å²) < 4.78 is 11.3. The number of anilines is 2. The van der Waals surface area contributed by atoms with Crippen LogP contribution in [0.15, 0.2) is 30.5 Å². The van der Waals surface area contributed by atoms with Gasteiger partial charge >= 0.3 is 0 Å². The Hall–Kier alpha value is -3.37. The topological polar surface area (TPSA) is 173 Å². The molecule has 0 radical (unpaired) electrons. The third-order valence-corrected chi connectivity index (χ3v) is 8.20. The van der Waals surface area contributed by atoms with E-state index >= 15 is 0 Å². The van der Waals surface area contributed by atoms with Gasteiger partial charge in [-0.15, -0.1) is 10.2 Å². The average molecular weight is 611 g/mol. The number of nitrogens with two attached hydrogens (primary N) is 1. The smallest absolute Gasteiger partial charge is 0.205 e. The molecule has 5 N–H and O–H groups in total. The Morgan fingerprint density at radius 1 is 1.26 bits per heavy atom. The molecule has 0 spiro atoms. The van der Waals surface area contributed by atoms with E-state index in [0.29, 0.717) is 66.6 Å². The molecular weight excluding hydrogens is 568 g/mol. The van der Waals surface area contributed by atoms with Crippen molar-refractivity contribution in [2.45, 2.75) is 83.4 Å². The second kappa shape index (κ2) is 15.4. The normalized spacial score (nSPS) is 17.7. The van der Waals surface area contributed by atoms with Crippen molar-refractivity contribution in [3.05, 3.63) is 41.3 Å². The van der Waals surface area contributed by atoms with Gasteiger partial charge in [0, 0.05) is 43.6 Å². The van der Waals surface area contributed by atoms with Gasteiger partial charge in [0.1, 0.15) is 17.2 Å². The summed E-state index contributed by atoms with van der Waals surface area (Å²) in [6.45, 7) is 8.52. The number of ether oxygens (including phenoxy) is 2. The number of rotatable bonds is 10. The molecule has 1 aliphatic carbocycles. The van der Waals surface area contributed by atoms with E-state index in [1.807, 2.05) is 32.0 Å². The minimum atomic E-state index is -0.504. The zero-order valence-electron chi connectivity index (χ0n) is 25.3. The number of hydrogen-bond donors (Lipinski definition) is 4. The molecule has 0 bridgehead atoms. The van der Waals surface area contributed by atoms with E-state index in [0.717, 1.165) is 18.4 Å². The van der Waals surface area contributed by atoms with E-state index in [1.54, 1.807) is 6.07 Å². The lowest BCUT2D eigenvalue weighted by atomic mass is 9.82. The van der Waals surface area contributed by atoms with Crippen LogP contribution in [0.1, 0.15) is 71.5 Å². The summed E-state index contributed by atoms with van der Waals surface area (Å²) in [6, 6.07) is 10.7. The summed E-state index contributed by atoms with van der Waals surface area (Å²) in [7, 11) is 0. The van der Waals surface area contributed by atoms with Crippen LogP contribution >= 0.6 is 11.6 Å². The lowest BCUT2D eigenvalue weighted by Crippen LogP contribution is -2.41. The molecule has 2 aliphatic rings. The van der Waals surface area contributed by atoms with Crippen LogP contribution in [0.5, 0.6) is 0 Å². The standard InChI is InChI=1S/C17H18ClN5O.C13H25N5O/c18-13-9-21-15(20)8-12(13)14-2-1-3-16(23-14)22-11-17(10-19)4-6-24-7-5-17;1-10(14-11-7-5-4-6-8-11)9-19-13(2,3)12-15-17-18-16-12/h1-3,8-9H,4-7,11H2,(H2,20,21)(H,22,23);10-11,14H,4-9H2,1-3H3,(H,15,16,17,18)/t;10-/m.1/s1. The zero-order valence-corrected chi connectivity index (χ0v) is 26.0. The van der Waals surface area contributed by atoms with Gasteiger partial charge in [0.2, 0.25) is 5.82 Å². The number of pyridine rings is 2. The van der Waals surface area contributed by atoms with Gasteiger partial charge in [-0.2, -0.15) is 10.5 Å². The number of halogens is 1. The number of tetrazole rings is 1. The monoisotopic (exact) mass is 610 g/mol. The molecule has 2 fully saturated rings. The Morgan fingerprint density at radius 2 is 2.02 bits per heavy atom. The minimum Gasteiger partial charge on any atom is -0.384 e. The molecule has 1 saturated heterocycles. The highest BCUT2D eigenvalue weighted by Crippen LogP contribution is 2.31. The first-order chi connectivity index (χ1) is 20.7. The van der Waals surface area contributed by atoms with Gasteiger partial charge in [-0.25, -0.2) is 9.97 Å². The van der Waals surface area contributed by atoms with Crippen molar-refractivity contribution in [1.82, 2.24) is 35.9 Å². The predicted octanol–water partition coefficient (Wildman–Crippen LogP) is 4.87. The summed E-state index contributed by atoms with van der Waals surface area (Å²) in [6.07, 6.45) is 9.62. The molecule has 232 valence electrons. The molecule has 5 rings (SSSR count). The maximum absolute atomic E-state index is 9.51. The molecule has 12 nitrogen and oxygen atoms in total. The number of H-pyrrole nitrogens is 1. The number of nitrogens with zero attached hydrogens (tertiary/aromatic N) is 6. The number of hydrogen-bond acceptors (Lipinski definition) is 11. The van der Waals surface area contributed by atoms with Crippen LogP contribution in [-0.4, -0.2) is 69.0 Å². The highest BCUT2D eigenvalue weighted by molar-refractivity contribution is 6.33. The summed E-state index contributed by atoms with van der Waals surface area (Å²) in [5, 5.41) is 30.9. The van der Waals surface area contributed by atoms with Crippen LogP contribution in [0.25, 0.3) is 11.3 Å².